The molecule has 4 nitrogen and oxygen atoms in total. The minimum absolute atomic E-state index is 0.482. The second-order valence-corrected chi connectivity index (χ2v) is 4.14. The van der Waals surface area contributed by atoms with Crippen LogP contribution in [0.4, 0.5) is 0 Å². The molecule has 0 aliphatic rings. The zero-order valence-corrected chi connectivity index (χ0v) is 10.9. The quantitative estimate of drug-likeness (QED) is 0.730. The van der Waals surface area contributed by atoms with Crippen LogP contribution in [0.25, 0.3) is 0 Å². The predicted octanol–water partition coefficient (Wildman–Crippen LogP) is 1.16. The average Bonchev–Trinajstić information content (AvgIpc) is 2.69. The Balaban J connectivity index is 2.54. The zero-order valence-electron chi connectivity index (χ0n) is 10.9. The molecule has 0 saturated carbocycles. The number of nitrogens with zero attached hydrogens (tertiary/aromatic N) is 2. The van der Waals surface area contributed by atoms with Gasteiger partial charge in [-0.1, -0.05) is 6.92 Å². The maximum atomic E-state index is 4.53. The zero-order chi connectivity index (χ0) is 12.0. The number of hydrogen-bond donors (Lipinski definition) is 2. The van der Waals surface area contributed by atoms with E-state index in [4.69, 9.17) is 0 Å². The third-order valence-electron chi connectivity index (χ3n) is 2.72. The van der Waals surface area contributed by atoms with Crippen LogP contribution in [0.5, 0.6) is 0 Å². The maximum absolute atomic E-state index is 4.53. The summed E-state index contributed by atoms with van der Waals surface area (Å²) < 4.78 is 2.08. The molecule has 16 heavy (non-hydrogen) atoms. The summed E-state index contributed by atoms with van der Waals surface area (Å²) in [6.45, 7) is 9.28. The molecular weight excluding hydrogens is 200 g/mol. The monoisotopic (exact) mass is 224 g/mol. The van der Waals surface area contributed by atoms with Gasteiger partial charge in [0.05, 0.1) is 11.4 Å². The Labute approximate surface area is 98.4 Å². The standard InChI is InChI=1S/C12H24N4/c1-5-11-7-12(16(6-2)15-11)9-14-10(3)8-13-4/h7,10,13-14H,5-6,8-9H2,1-4H3. The lowest BCUT2D eigenvalue weighted by molar-refractivity contribution is 0.499. The van der Waals surface area contributed by atoms with Gasteiger partial charge in [-0.25, -0.2) is 0 Å². The molecule has 1 aromatic rings. The van der Waals surface area contributed by atoms with Gasteiger partial charge in [0.2, 0.25) is 0 Å². The Hall–Kier alpha value is -0.870. The number of likely N-dealkylation sites (N-methyl/N-ethyl adjacent to an activating group) is 1. The Kier molecular flexibility index (Phi) is 5.49. The fourth-order valence-electron chi connectivity index (χ4n) is 1.76. The van der Waals surface area contributed by atoms with Crippen molar-refractivity contribution >= 4 is 0 Å². The molecule has 1 heterocycles. The van der Waals surface area contributed by atoms with E-state index in [2.05, 4.69) is 47.3 Å². The largest absolute Gasteiger partial charge is 0.318 e. The van der Waals surface area contributed by atoms with Gasteiger partial charge in [0.15, 0.2) is 0 Å². The third kappa shape index (κ3) is 3.61. The highest BCUT2D eigenvalue weighted by Gasteiger charge is 2.06. The molecule has 0 spiro atoms. The van der Waals surface area contributed by atoms with E-state index in [0.29, 0.717) is 6.04 Å². The summed E-state index contributed by atoms with van der Waals surface area (Å²) in [5.74, 6) is 0. The Morgan fingerprint density at radius 1 is 1.44 bits per heavy atom. The van der Waals surface area contributed by atoms with Crippen LogP contribution in [0.2, 0.25) is 0 Å². The van der Waals surface area contributed by atoms with Crippen LogP contribution < -0.4 is 10.6 Å². The second kappa shape index (κ2) is 6.66. The number of aromatic nitrogens is 2. The van der Waals surface area contributed by atoms with Crippen LogP contribution in [0.1, 0.15) is 32.2 Å². The van der Waals surface area contributed by atoms with Crippen molar-refractivity contribution in [3.63, 3.8) is 0 Å². The molecule has 1 atom stereocenters. The summed E-state index contributed by atoms with van der Waals surface area (Å²) in [5, 5.41) is 11.2. The van der Waals surface area contributed by atoms with E-state index in [-0.39, 0.29) is 0 Å². The van der Waals surface area contributed by atoms with E-state index >= 15 is 0 Å². The fraction of sp³-hybridized carbons (Fsp3) is 0.750. The van der Waals surface area contributed by atoms with Crippen LogP contribution in [0.3, 0.4) is 0 Å². The van der Waals surface area contributed by atoms with Gasteiger partial charge < -0.3 is 10.6 Å². The third-order valence-corrected chi connectivity index (χ3v) is 2.72. The highest BCUT2D eigenvalue weighted by Crippen LogP contribution is 2.05. The summed E-state index contributed by atoms with van der Waals surface area (Å²) in [4.78, 5) is 0. The number of aryl methyl sites for hydroxylation is 2. The Morgan fingerprint density at radius 2 is 2.19 bits per heavy atom. The molecule has 0 aromatic carbocycles. The molecule has 0 saturated heterocycles. The fourth-order valence-corrected chi connectivity index (χ4v) is 1.76. The van der Waals surface area contributed by atoms with Crippen molar-refractivity contribution in [3.05, 3.63) is 17.5 Å². The van der Waals surface area contributed by atoms with Gasteiger partial charge in [0, 0.05) is 25.7 Å². The van der Waals surface area contributed by atoms with Crippen LogP contribution in [-0.2, 0) is 19.5 Å². The van der Waals surface area contributed by atoms with Gasteiger partial charge in [-0.15, -0.1) is 0 Å². The Bertz CT molecular complexity index is 306. The van der Waals surface area contributed by atoms with Gasteiger partial charge in [0.1, 0.15) is 0 Å². The lowest BCUT2D eigenvalue weighted by Crippen LogP contribution is -2.34. The topological polar surface area (TPSA) is 41.9 Å². The molecule has 2 N–H and O–H groups in total. The average molecular weight is 224 g/mol. The smallest absolute Gasteiger partial charge is 0.0625 e. The van der Waals surface area contributed by atoms with Crippen molar-refractivity contribution in [2.75, 3.05) is 13.6 Å². The van der Waals surface area contributed by atoms with Gasteiger partial charge in [-0.3, -0.25) is 4.68 Å². The molecule has 1 aromatic heterocycles. The number of rotatable bonds is 7. The van der Waals surface area contributed by atoms with E-state index in [1.807, 2.05) is 7.05 Å². The summed E-state index contributed by atoms with van der Waals surface area (Å²) in [6, 6.07) is 2.68. The van der Waals surface area contributed by atoms with Gasteiger partial charge in [0.25, 0.3) is 0 Å². The van der Waals surface area contributed by atoms with E-state index in [1.165, 1.54) is 11.4 Å². The molecule has 1 rings (SSSR count). The van der Waals surface area contributed by atoms with E-state index < -0.39 is 0 Å². The molecule has 0 aliphatic carbocycles. The normalized spacial score (nSPS) is 13.0. The van der Waals surface area contributed by atoms with Crippen LogP contribution in [0.15, 0.2) is 6.07 Å². The van der Waals surface area contributed by atoms with Crippen LogP contribution >= 0.6 is 0 Å². The predicted molar refractivity (Wildman–Crippen MR) is 67.5 cm³/mol. The summed E-state index contributed by atoms with van der Waals surface area (Å²) in [5.41, 5.74) is 2.46. The summed E-state index contributed by atoms with van der Waals surface area (Å²) in [6.07, 6.45) is 1.01. The molecule has 92 valence electrons. The number of nitrogens with one attached hydrogen (secondary N) is 2. The van der Waals surface area contributed by atoms with E-state index in [9.17, 15) is 0 Å². The minimum atomic E-state index is 0.482. The first-order chi connectivity index (χ1) is 7.71. The lowest BCUT2D eigenvalue weighted by Gasteiger charge is -2.13. The summed E-state index contributed by atoms with van der Waals surface area (Å²) in [7, 11) is 1.98. The summed E-state index contributed by atoms with van der Waals surface area (Å²) >= 11 is 0. The minimum Gasteiger partial charge on any atom is -0.318 e. The first-order valence-corrected chi connectivity index (χ1v) is 6.14. The van der Waals surface area contributed by atoms with E-state index in [0.717, 1.165) is 26.1 Å². The molecule has 0 amide bonds. The van der Waals surface area contributed by atoms with Crippen molar-refractivity contribution in [3.8, 4) is 0 Å². The molecule has 0 aliphatic heterocycles. The van der Waals surface area contributed by atoms with E-state index in [1.54, 1.807) is 0 Å². The molecule has 0 bridgehead atoms. The van der Waals surface area contributed by atoms with Crippen LogP contribution in [-0.4, -0.2) is 29.4 Å². The van der Waals surface area contributed by atoms with Gasteiger partial charge in [-0.2, -0.15) is 5.10 Å². The first-order valence-electron chi connectivity index (χ1n) is 6.14. The number of hydrogen-bond acceptors (Lipinski definition) is 3. The van der Waals surface area contributed by atoms with Crippen LogP contribution in [0, 0.1) is 0 Å². The maximum Gasteiger partial charge on any atom is 0.0625 e. The van der Waals surface area contributed by atoms with Crippen molar-refractivity contribution in [1.82, 2.24) is 20.4 Å². The van der Waals surface area contributed by atoms with Gasteiger partial charge in [-0.05, 0) is 33.4 Å². The molecule has 4 heteroatoms. The van der Waals surface area contributed by atoms with Crippen molar-refractivity contribution < 1.29 is 0 Å². The molecule has 1 unspecified atom stereocenters. The molecular formula is C12H24N4. The SMILES string of the molecule is CCc1cc(CNC(C)CNC)n(CC)n1. The molecule has 0 fully saturated rings. The van der Waals surface area contributed by atoms with Gasteiger partial charge >= 0.3 is 0 Å². The highest BCUT2D eigenvalue weighted by atomic mass is 15.3. The second-order valence-electron chi connectivity index (χ2n) is 4.14. The molecule has 0 radical (unpaired) electrons. The lowest BCUT2D eigenvalue weighted by atomic mass is 10.3. The first kappa shape index (κ1) is 13.2. The van der Waals surface area contributed by atoms with Crippen molar-refractivity contribution in [2.45, 2.75) is 46.3 Å². The van der Waals surface area contributed by atoms with Crippen molar-refractivity contribution in [2.24, 2.45) is 0 Å². The Morgan fingerprint density at radius 3 is 2.75 bits per heavy atom. The van der Waals surface area contributed by atoms with Crippen molar-refractivity contribution in [1.29, 1.82) is 0 Å². The highest BCUT2D eigenvalue weighted by molar-refractivity contribution is 5.10.